The van der Waals surface area contributed by atoms with E-state index in [0.717, 1.165) is 5.75 Å². The summed E-state index contributed by atoms with van der Waals surface area (Å²) in [7, 11) is 0. The molecule has 0 spiro atoms. The molecule has 0 aliphatic rings. The molecule has 29 heavy (non-hydrogen) atoms. The highest BCUT2D eigenvalue weighted by atomic mass is 79.9. The van der Waals surface area contributed by atoms with E-state index in [4.69, 9.17) is 18.3 Å². The lowest BCUT2D eigenvalue weighted by molar-refractivity contribution is 0.244. The van der Waals surface area contributed by atoms with Crippen LogP contribution in [0.25, 0.3) is 22.5 Å². The Balaban J connectivity index is 1.51. The normalized spacial score (nSPS) is 11.0. The largest absolute Gasteiger partial charge is 0.493 e. The molecule has 2 aromatic carbocycles. The number of fused-ring (bicyclic) bond motifs is 1. The Morgan fingerprint density at radius 2 is 1.66 bits per heavy atom. The van der Waals surface area contributed by atoms with Gasteiger partial charge in [0.1, 0.15) is 11.3 Å². The topological polar surface area (TPSA) is 61.8 Å². The molecule has 2 aromatic heterocycles. The van der Waals surface area contributed by atoms with Gasteiger partial charge in [-0.15, -0.1) is 0 Å². The zero-order chi connectivity index (χ0) is 20.2. The van der Waals surface area contributed by atoms with Gasteiger partial charge < -0.3 is 18.3 Å². The van der Waals surface area contributed by atoms with Gasteiger partial charge in [-0.25, -0.2) is 0 Å². The lowest BCUT2D eigenvalue weighted by Gasteiger charge is -2.11. The predicted octanol–water partition coefficient (Wildman–Crippen LogP) is 5.97. The number of hydrogen-bond acceptors (Lipinski definition) is 5. The highest BCUT2D eigenvalue weighted by molar-refractivity contribution is 9.10. The van der Waals surface area contributed by atoms with E-state index in [1.165, 1.54) is 5.56 Å². The van der Waals surface area contributed by atoms with E-state index < -0.39 is 0 Å². The van der Waals surface area contributed by atoms with E-state index in [1.807, 2.05) is 37.3 Å². The first-order chi connectivity index (χ1) is 14.1. The van der Waals surface area contributed by atoms with Gasteiger partial charge in [0.15, 0.2) is 10.4 Å². The molecule has 2 heterocycles. The van der Waals surface area contributed by atoms with Gasteiger partial charge in [-0.3, -0.25) is 4.79 Å². The van der Waals surface area contributed by atoms with E-state index in [1.54, 1.807) is 30.3 Å². The van der Waals surface area contributed by atoms with Crippen molar-refractivity contribution in [3.63, 3.8) is 0 Å². The minimum absolute atomic E-state index is 0.140. The summed E-state index contributed by atoms with van der Waals surface area (Å²) in [5.74, 6) is 1.65. The SMILES string of the molecule is Cc1ccc(OCCCOc2c(-c3ccc(Br)o3)oc3ccccc3c2=O)cc1. The van der Waals surface area contributed by atoms with Crippen molar-refractivity contribution >= 4 is 26.9 Å². The number of aryl methyl sites for hydroxylation is 1. The molecule has 0 fully saturated rings. The zero-order valence-electron chi connectivity index (χ0n) is 15.8. The zero-order valence-corrected chi connectivity index (χ0v) is 17.4. The van der Waals surface area contributed by atoms with Gasteiger partial charge in [0, 0.05) is 6.42 Å². The van der Waals surface area contributed by atoms with Crippen LogP contribution in [0.5, 0.6) is 11.5 Å². The fraction of sp³-hybridized carbons (Fsp3) is 0.174. The van der Waals surface area contributed by atoms with Crippen LogP contribution in [0.3, 0.4) is 0 Å². The second-order valence-corrected chi connectivity index (χ2v) is 7.33. The number of ether oxygens (including phenoxy) is 2. The average molecular weight is 455 g/mol. The van der Waals surface area contributed by atoms with E-state index in [0.29, 0.717) is 41.0 Å². The number of halogens is 1. The van der Waals surface area contributed by atoms with Crippen LogP contribution >= 0.6 is 15.9 Å². The quantitative estimate of drug-likeness (QED) is 0.321. The van der Waals surface area contributed by atoms with Crippen molar-refractivity contribution in [2.75, 3.05) is 13.2 Å². The van der Waals surface area contributed by atoms with Crippen molar-refractivity contribution in [3.05, 3.63) is 81.1 Å². The van der Waals surface area contributed by atoms with Gasteiger partial charge in [0.05, 0.1) is 18.6 Å². The molecule has 4 aromatic rings. The van der Waals surface area contributed by atoms with Crippen LogP contribution < -0.4 is 14.9 Å². The van der Waals surface area contributed by atoms with Gasteiger partial charge in [0.25, 0.3) is 0 Å². The highest BCUT2D eigenvalue weighted by Gasteiger charge is 2.20. The van der Waals surface area contributed by atoms with Crippen LogP contribution in [0.1, 0.15) is 12.0 Å². The lowest BCUT2D eigenvalue weighted by atomic mass is 10.2. The number of hydrogen-bond donors (Lipinski definition) is 0. The maximum Gasteiger partial charge on any atom is 0.235 e. The lowest BCUT2D eigenvalue weighted by Crippen LogP contribution is -2.12. The van der Waals surface area contributed by atoms with Crippen molar-refractivity contribution in [2.24, 2.45) is 0 Å². The summed E-state index contributed by atoms with van der Waals surface area (Å²) >= 11 is 3.28. The third-order valence-electron chi connectivity index (χ3n) is 4.38. The van der Waals surface area contributed by atoms with E-state index in [2.05, 4.69) is 15.9 Å². The van der Waals surface area contributed by atoms with Crippen LogP contribution in [0.15, 0.2) is 79.0 Å². The van der Waals surface area contributed by atoms with E-state index in [-0.39, 0.29) is 16.9 Å². The molecule has 0 aliphatic carbocycles. The Hall–Kier alpha value is -2.99. The fourth-order valence-corrected chi connectivity index (χ4v) is 3.22. The van der Waals surface area contributed by atoms with Crippen molar-refractivity contribution in [1.29, 1.82) is 0 Å². The number of rotatable bonds is 7. The Kier molecular flexibility index (Phi) is 5.71. The van der Waals surface area contributed by atoms with Crippen molar-refractivity contribution < 1.29 is 18.3 Å². The molecule has 0 amide bonds. The molecule has 0 aliphatic heterocycles. The molecule has 6 heteroatoms. The maximum absolute atomic E-state index is 13.0. The number of furan rings is 1. The molecule has 0 atom stereocenters. The molecule has 0 radical (unpaired) electrons. The van der Waals surface area contributed by atoms with Crippen molar-refractivity contribution in [1.82, 2.24) is 0 Å². The van der Waals surface area contributed by atoms with Gasteiger partial charge in [0.2, 0.25) is 16.9 Å². The summed E-state index contributed by atoms with van der Waals surface area (Å²) in [6, 6.07) is 18.4. The molecule has 5 nitrogen and oxygen atoms in total. The van der Waals surface area contributed by atoms with Crippen LogP contribution in [-0.2, 0) is 0 Å². The minimum atomic E-state index is -0.228. The van der Waals surface area contributed by atoms with Crippen LogP contribution in [0.2, 0.25) is 0 Å². The van der Waals surface area contributed by atoms with Gasteiger partial charge in [-0.2, -0.15) is 0 Å². The Labute approximate surface area is 176 Å². The Bertz CT molecular complexity index is 1170. The van der Waals surface area contributed by atoms with Crippen LogP contribution in [0, 0.1) is 6.92 Å². The second-order valence-electron chi connectivity index (χ2n) is 6.55. The summed E-state index contributed by atoms with van der Waals surface area (Å²) in [5, 5.41) is 0.466. The molecule has 0 saturated heterocycles. The summed E-state index contributed by atoms with van der Waals surface area (Å²) in [6.07, 6.45) is 0.613. The predicted molar refractivity (Wildman–Crippen MR) is 115 cm³/mol. The summed E-state index contributed by atoms with van der Waals surface area (Å²) in [4.78, 5) is 13.0. The number of para-hydroxylation sites is 1. The first-order valence-electron chi connectivity index (χ1n) is 9.25. The minimum Gasteiger partial charge on any atom is -0.493 e. The third kappa shape index (κ3) is 4.38. The maximum atomic E-state index is 13.0. The van der Waals surface area contributed by atoms with Crippen molar-refractivity contribution in [3.8, 4) is 23.0 Å². The first kappa shape index (κ1) is 19.3. The Morgan fingerprint density at radius 3 is 2.41 bits per heavy atom. The smallest absolute Gasteiger partial charge is 0.235 e. The molecular weight excluding hydrogens is 436 g/mol. The molecule has 4 rings (SSSR count). The Morgan fingerprint density at radius 1 is 0.897 bits per heavy atom. The summed E-state index contributed by atoms with van der Waals surface area (Å²) < 4.78 is 23.6. The summed E-state index contributed by atoms with van der Waals surface area (Å²) in [5.41, 5.74) is 1.43. The van der Waals surface area contributed by atoms with Crippen LogP contribution in [0.4, 0.5) is 0 Å². The monoisotopic (exact) mass is 454 g/mol. The number of benzene rings is 2. The highest BCUT2D eigenvalue weighted by Crippen LogP contribution is 2.33. The van der Waals surface area contributed by atoms with Gasteiger partial charge >= 0.3 is 0 Å². The molecule has 148 valence electrons. The first-order valence-corrected chi connectivity index (χ1v) is 10.0. The fourth-order valence-electron chi connectivity index (χ4n) is 2.91. The van der Waals surface area contributed by atoms with E-state index in [9.17, 15) is 4.79 Å². The molecule has 0 saturated carbocycles. The molecular formula is C23H19BrO5. The summed E-state index contributed by atoms with van der Waals surface area (Å²) in [6.45, 7) is 2.81. The van der Waals surface area contributed by atoms with Crippen molar-refractivity contribution in [2.45, 2.75) is 13.3 Å². The second kappa shape index (κ2) is 8.57. The molecule has 0 N–H and O–H groups in total. The standard InChI is InChI=1S/C23H19BrO5/c1-15-7-9-16(10-8-15)26-13-4-14-27-23-21(25)17-5-2-3-6-18(17)29-22(23)19-11-12-20(24)28-19/h2-3,5-12H,4,13-14H2,1H3. The molecule has 0 bridgehead atoms. The van der Waals surface area contributed by atoms with Gasteiger partial charge in [-0.05, 0) is 59.3 Å². The average Bonchev–Trinajstić information content (AvgIpc) is 3.16. The van der Waals surface area contributed by atoms with Gasteiger partial charge in [-0.1, -0.05) is 29.8 Å². The molecule has 0 unspecified atom stereocenters. The van der Waals surface area contributed by atoms with E-state index >= 15 is 0 Å². The van der Waals surface area contributed by atoms with Crippen LogP contribution in [-0.4, -0.2) is 13.2 Å². The third-order valence-corrected chi connectivity index (χ3v) is 4.80.